The maximum absolute atomic E-state index is 12.9. The van der Waals surface area contributed by atoms with Crippen LogP contribution in [0.1, 0.15) is 5.56 Å². The van der Waals surface area contributed by atoms with E-state index in [4.69, 9.17) is 28.2 Å². The Morgan fingerprint density at radius 3 is 2.31 bits per heavy atom. The third-order valence-corrected chi connectivity index (χ3v) is 8.43. The van der Waals surface area contributed by atoms with Gasteiger partial charge >= 0.3 is 0 Å². The van der Waals surface area contributed by atoms with Crippen molar-refractivity contribution >= 4 is 49.7 Å². The van der Waals surface area contributed by atoms with E-state index in [1.807, 2.05) is 30.5 Å². The molecule has 9 heteroatoms. The SMILES string of the molecule is Cc1ccc(S(=O)(=O)N2CCN(c3nc(-c4ccc(Cl)c(Cl)c4)cs3)CC2)cc1. The van der Waals surface area contributed by atoms with Gasteiger partial charge in [-0.1, -0.05) is 47.0 Å². The predicted molar refractivity (Wildman–Crippen MR) is 120 cm³/mol. The number of benzene rings is 2. The molecule has 5 nitrogen and oxygen atoms in total. The third kappa shape index (κ3) is 4.29. The quantitative estimate of drug-likeness (QED) is 0.545. The summed E-state index contributed by atoms with van der Waals surface area (Å²) < 4.78 is 27.3. The van der Waals surface area contributed by atoms with Gasteiger partial charge in [0.25, 0.3) is 0 Å². The van der Waals surface area contributed by atoms with Gasteiger partial charge in [-0.15, -0.1) is 11.3 Å². The number of sulfonamides is 1. The summed E-state index contributed by atoms with van der Waals surface area (Å²) >= 11 is 13.6. The number of rotatable bonds is 4. The van der Waals surface area contributed by atoms with Gasteiger partial charge in [0.05, 0.1) is 20.6 Å². The fourth-order valence-electron chi connectivity index (χ4n) is 3.18. The Labute approximate surface area is 184 Å². The predicted octanol–water partition coefficient (Wildman–Crippen LogP) is 4.94. The molecule has 0 unspecified atom stereocenters. The summed E-state index contributed by atoms with van der Waals surface area (Å²) in [4.78, 5) is 7.16. The van der Waals surface area contributed by atoms with E-state index in [9.17, 15) is 8.42 Å². The summed E-state index contributed by atoms with van der Waals surface area (Å²) in [5, 5.41) is 3.86. The van der Waals surface area contributed by atoms with Crippen LogP contribution in [0.15, 0.2) is 52.7 Å². The molecule has 0 radical (unpaired) electrons. The minimum Gasteiger partial charge on any atom is -0.345 e. The monoisotopic (exact) mass is 467 g/mol. The first-order valence-electron chi connectivity index (χ1n) is 9.07. The van der Waals surface area contributed by atoms with Crippen molar-refractivity contribution in [1.29, 1.82) is 0 Å². The highest BCUT2D eigenvalue weighted by Gasteiger charge is 2.29. The molecule has 152 valence electrons. The van der Waals surface area contributed by atoms with E-state index in [0.717, 1.165) is 22.0 Å². The van der Waals surface area contributed by atoms with Crippen molar-refractivity contribution in [3.63, 3.8) is 0 Å². The van der Waals surface area contributed by atoms with Crippen LogP contribution < -0.4 is 4.90 Å². The zero-order chi connectivity index (χ0) is 20.6. The first kappa shape index (κ1) is 20.6. The number of aryl methyl sites for hydroxylation is 1. The number of hydrogen-bond donors (Lipinski definition) is 0. The fourth-order valence-corrected chi connectivity index (χ4v) is 5.79. The summed E-state index contributed by atoms with van der Waals surface area (Å²) in [7, 11) is -3.47. The zero-order valence-electron chi connectivity index (χ0n) is 15.7. The van der Waals surface area contributed by atoms with Gasteiger partial charge in [-0.25, -0.2) is 13.4 Å². The highest BCUT2D eigenvalue weighted by Crippen LogP contribution is 2.32. The van der Waals surface area contributed by atoms with Gasteiger partial charge in [0.1, 0.15) is 0 Å². The summed E-state index contributed by atoms with van der Waals surface area (Å²) in [6.45, 7) is 3.99. The number of piperazine rings is 1. The van der Waals surface area contributed by atoms with Crippen LogP contribution in [-0.2, 0) is 10.0 Å². The Bertz CT molecular complexity index is 1120. The van der Waals surface area contributed by atoms with Crippen LogP contribution in [-0.4, -0.2) is 43.9 Å². The maximum atomic E-state index is 12.9. The largest absolute Gasteiger partial charge is 0.345 e. The molecule has 4 rings (SSSR count). The molecule has 3 aromatic rings. The number of thiazole rings is 1. The number of aromatic nitrogens is 1. The Kier molecular flexibility index (Phi) is 5.86. The van der Waals surface area contributed by atoms with Crippen molar-refractivity contribution in [2.45, 2.75) is 11.8 Å². The minimum atomic E-state index is -3.47. The lowest BCUT2D eigenvalue weighted by Crippen LogP contribution is -2.48. The molecule has 1 aliphatic rings. The Hall–Kier alpha value is -1.64. The van der Waals surface area contributed by atoms with E-state index in [0.29, 0.717) is 41.1 Å². The molecule has 1 saturated heterocycles. The molecular formula is C20H19Cl2N3O2S2. The zero-order valence-corrected chi connectivity index (χ0v) is 18.8. The maximum Gasteiger partial charge on any atom is 0.243 e. The molecule has 0 amide bonds. The smallest absolute Gasteiger partial charge is 0.243 e. The first-order valence-corrected chi connectivity index (χ1v) is 12.1. The molecule has 0 saturated carbocycles. The molecule has 0 bridgehead atoms. The Morgan fingerprint density at radius 1 is 0.966 bits per heavy atom. The van der Waals surface area contributed by atoms with E-state index in [-0.39, 0.29) is 0 Å². The molecule has 2 aromatic carbocycles. The second-order valence-corrected chi connectivity index (χ2v) is 10.4. The van der Waals surface area contributed by atoms with E-state index < -0.39 is 10.0 Å². The van der Waals surface area contributed by atoms with Crippen LogP contribution in [0, 0.1) is 6.92 Å². The molecular weight excluding hydrogens is 449 g/mol. The van der Waals surface area contributed by atoms with Gasteiger partial charge in [0.2, 0.25) is 10.0 Å². The Balaban J connectivity index is 1.45. The van der Waals surface area contributed by atoms with Gasteiger partial charge in [-0.05, 0) is 31.2 Å². The summed E-state index contributed by atoms with van der Waals surface area (Å²) in [5.41, 5.74) is 2.77. The number of nitrogens with zero attached hydrogens (tertiary/aromatic N) is 3. The summed E-state index contributed by atoms with van der Waals surface area (Å²) in [6.07, 6.45) is 0. The normalized spacial score (nSPS) is 15.6. The van der Waals surface area contributed by atoms with Crippen molar-refractivity contribution in [1.82, 2.24) is 9.29 Å². The summed E-state index contributed by atoms with van der Waals surface area (Å²) in [6, 6.07) is 12.4. The highest BCUT2D eigenvalue weighted by atomic mass is 35.5. The lowest BCUT2D eigenvalue weighted by atomic mass is 10.2. The molecule has 1 aromatic heterocycles. The van der Waals surface area contributed by atoms with Gasteiger partial charge in [-0.2, -0.15) is 4.31 Å². The second-order valence-electron chi connectivity index (χ2n) is 6.85. The van der Waals surface area contributed by atoms with Crippen molar-refractivity contribution < 1.29 is 8.42 Å². The second kappa shape index (κ2) is 8.24. The van der Waals surface area contributed by atoms with Crippen molar-refractivity contribution in [2.75, 3.05) is 31.1 Å². The topological polar surface area (TPSA) is 53.5 Å². The molecule has 1 aliphatic heterocycles. The van der Waals surface area contributed by atoms with Crippen LogP contribution in [0.5, 0.6) is 0 Å². The van der Waals surface area contributed by atoms with E-state index >= 15 is 0 Å². The number of anilines is 1. The fraction of sp³-hybridized carbons (Fsp3) is 0.250. The molecule has 0 N–H and O–H groups in total. The van der Waals surface area contributed by atoms with Crippen LogP contribution in [0.2, 0.25) is 10.0 Å². The van der Waals surface area contributed by atoms with E-state index in [1.54, 1.807) is 28.6 Å². The molecule has 0 aliphatic carbocycles. The van der Waals surface area contributed by atoms with Crippen molar-refractivity contribution in [2.24, 2.45) is 0 Å². The molecule has 29 heavy (non-hydrogen) atoms. The lowest BCUT2D eigenvalue weighted by molar-refractivity contribution is 0.385. The van der Waals surface area contributed by atoms with Gasteiger partial charge < -0.3 is 4.90 Å². The van der Waals surface area contributed by atoms with Gasteiger partial charge in [0.15, 0.2) is 5.13 Å². The number of hydrogen-bond acceptors (Lipinski definition) is 5. The van der Waals surface area contributed by atoms with E-state index in [2.05, 4.69) is 4.90 Å². The van der Waals surface area contributed by atoms with Crippen LogP contribution in [0.4, 0.5) is 5.13 Å². The molecule has 1 fully saturated rings. The summed E-state index contributed by atoms with van der Waals surface area (Å²) in [5.74, 6) is 0. The van der Waals surface area contributed by atoms with E-state index in [1.165, 1.54) is 11.3 Å². The average Bonchev–Trinajstić information content (AvgIpc) is 3.21. The van der Waals surface area contributed by atoms with Gasteiger partial charge in [0, 0.05) is 37.1 Å². The van der Waals surface area contributed by atoms with Crippen molar-refractivity contribution in [3.05, 3.63) is 63.5 Å². The third-order valence-electron chi connectivity index (χ3n) is 4.88. The number of halogens is 2. The molecule has 0 spiro atoms. The van der Waals surface area contributed by atoms with Crippen LogP contribution >= 0.6 is 34.5 Å². The molecule has 0 atom stereocenters. The minimum absolute atomic E-state index is 0.340. The highest BCUT2D eigenvalue weighted by molar-refractivity contribution is 7.89. The van der Waals surface area contributed by atoms with Gasteiger partial charge in [-0.3, -0.25) is 0 Å². The van der Waals surface area contributed by atoms with Crippen LogP contribution in [0.3, 0.4) is 0 Å². The van der Waals surface area contributed by atoms with Crippen molar-refractivity contribution in [3.8, 4) is 11.3 Å². The van der Waals surface area contributed by atoms with Crippen LogP contribution in [0.25, 0.3) is 11.3 Å². The first-order chi connectivity index (χ1) is 13.8. The molecule has 2 heterocycles. The lowest BCUT2D eigenvalue weighted by Gasteiger charge is -2.33. The average molecular weight is 468 g/mol. The standard InChI is InChI=1S/C20H19Cl2N3O2S2/c1-14-2-5-16(6-3-14)29(26,27)25-10-8-24(9-11-25)20-23-19(13-28-20)15-4-7-17(21)18(22)12-15/h2-7,12-13H,8-11H2,1H3. The Morgan fingerprint density at radius 2 is 1.66 bits per heavy atom.